The first kappa shape index (κ1) is 16.2. The van der Waals surface area contributed by atoms with Gasteiger partial charge in [-0.25, -0.2) is 9.97 Å². The maximum absolute atomic E-state index is 12.7. The lowest BCUT2D eigenvalue weighted by Gasteiger charge is -2.30. The number of aromatic nitrogens is 2. The van der Waals surface area contributed by atoms with Crippen LogP contribution in [0, 0.1) is 0 Å². The fourth-order valence-corrected chi connectivity index (χ4v) is 2.29. The van der Waals surface area contributed by atoms with Gasteiger partial charge in [-0.05, 0) is 18.9 Å². The first-order chi connectivity index (χ1) is 8.93. The Morgan fingerprint density at radius 2 is 1.95 bits per heavy atom. The molecule has 0 saturated carbocycles. The van der Waals surface area contributed by atoms with Gasteiger partial charge in [0.25, 0.3) is 0 Å². The average molecular weight is 340 g/mol. The molecule has 0 fully saturated rings. The van der Waals surface area contributed by atoms with Gasteiger partial charge in [-0.3, -0.25) is 0 Å². The molecule has 0 atom stereocenters. The summed E-state index contributed by atoms with van der Waals surface area (Å²) < 4.78 is 38.0. The Bertz CT molecular complexity index is 394. The van der Waals surface area contributed by atoms with E-state index >= 15 is 0 Å². The number of anilines is 1. The minimum absolute atomic E-state index is 0.140. The lowest BCUT2D eigenvalue weighted by molar-refractivity contribution is -0.141. The number of alkyl halides is 4. The molecule has 0 unspecified atom stereocenters. The molecule has 0 aliphatic heterocycles. The van der Waals surface area contributed by atoms with Crippen LogP contribution in [-0.4, -0.2) is 27.9 Å². The summed E-state index contributed by atoms with van der Waals surface area (Å²) in [5.74, 6) is 0.142. The van der Waals surface area contributed by atoms with Gasteiger partial charge in [0.15, 0.2) is 0 Å². The molecule has 1 heterocycles. The third-order valence-corrected chi connectivity index (χ3v) is 3.25. The van der Waals surface area contributed by atoms with Gasteiger partial charge in [-0.1, -0.05) is 29.8 Å². The molecule has 0 bridgehead atoms. The second kappa shape index (κ2) is 7.07. The molecular weight excluding hydrogens is 323 g/mol. The summed E-state index contributed by atoms with van der Waals surface area (Å²) in [6.07, 6.45) is -1.60. The zero-order valence-corrected chi connectivity index (χ0v) is 12.5. The Kier molecular flexibility index (Phi) is 6.03. The van der Waals surface area contributed by atoms with Crippen LogP contribution in [0.15, 0.2) is 12.3 Å². The van der Waals surface area contributed by atoms with Gasteiger partial charge in [0.1, 0.15) is 5.69 Å². The van der Waals surface area contributed by atoms with E-state index in [1.165, 1.54) is 0 Å². The molecular formula is C12H17BrF3N3. The molecule has 0 N–H and O–H groups in total. The second-order valence-corrected chi connectivity index (χ2v) is 4.89. The molecule has 19 heavy (non-hydrogen) atoms. The van der Waals surface area contributed by atoms with E-state index in [9.17, 15) is 13.2 Å². The quantitative estimate of drug-likeness (QED) is 0.736. The van der Waals surface area contributed by atoms with Crippen molar-refractivity contribution in [3.63, 3.8) is 0 Å². The maximum Gasteiger partial charge on any atom is 0.433 e. The van der Waals surface area contributed by atoms with E-state index in [-0.39, 0.29) is 12.0 Å². The zero-order chi connectivity index (χ0) is 14.5. The van der Waals surface area contributed by atoms with E-state index in [1.54, 1.807) is 0 Å². The van der Waals surface area contributed by atoms with Gasteiger partial charge in [-0.2, -0.15) is 13.2 Å². The Labute approximate surface area is 119 Å². The third-order valence-electron chi connectivity index (χ3n) is 2.90. The van der Waals surface area contributed by atoms with E-state index in [4.69, 9.17) is 0 Å². The van der Waals surface area contributed by atoms with Crippen LogP contribution in [0.3, 0.4) is 0 Å². The van der Waals surface area contributed by atoms with Crippen molar-refractivity contribution in [3.05, 3.63) is 18.0 Å². The smallest absolute Gasteiger partial charge is 0.337 e. The number of hydrogen-bond acceptors (Lipinski definition) is 3. The van der Waals surface area contributed by atoms with Gasteiger partial charge in [0, 0.05) is 24.1 Å². The monoisotopic (exact) mass is 339 g/mol. The van der Waals surface area contributed by atoms with Crippen molar-refractivity contribution in [1.29, 1.82) is 0 Å². The van der Waals surface area contributed by atoms with Crippen molar-refractivity contribution in [2.45, 2.75) is 38.9 Å². The number of halogens is 4. The van der Waals surface area contributed by atoms with Crippen LogP contribution in [0.2, 0.25) is 0 Å². The predicted molar refractivity (Wildman–Crippen MR) is 72.5 cm³/mol. The van der Waals surface area contributed by atoms with Crippen LogP contribution in [0.5, 0.6) is 0 Å². The van der Waals surface area contributed by atoms with Crippen LogP contribution in [0.1, 0.15) is 32.4 Å². The van der Waals surface area contributed by atoms with Gasteiger partial charge < -0.3 is 4.90 Å². The highest BCUT2D eigenvalue weighted by Gasteiger charge is 2.33. The molecule has 0 spiro atoms. The van der Waals surface area contributed by atoms with E-state index in [2.05, 4.69) is 25.9 Å². The first-order valence-corrected chi connectivity index (χ1v) is 7.29. The summed E-state index contributed by atoms with van der Waals surface area (Å²) in [6, 6.07) is 1.03. The summed E-state index contributed by atoms with van der Waals surface area (Å²) in [7, 11) is 0. The highest BCUT2D eigenvalue weighted by atomic mass is 79.9. The molecule has 1 aromatic rings. The topological polar surface area (TPSA) is 29.0 Å². The molecule has 0 saturated heterocycles. The molecule has 0 amide bonds. The zero-order valence-electron chi connectivity index (χ0n) is 10.9. The standard InChI is InChI=1S/C12H17BrF3N3/c1-3-9(4-2)19(8-6-13)11-17-7-5-10(18-11)12(14,15)16/h5,7,9H,3-4,6,8H2,1-2H3. The van der Waals surface area contributed by atoms with E-state index in [0.29, 0.717) is 11.9 Å². The van der Waals surface area contributed by atoms with E-state index < -0.39 is 11.9 Å². The van der Waals surface area contributed by atoms with Gasteiger partial charge in [0.05, 0.1) is 0 Å². The number of nitrogens with zero attached hydrogens (tertiary/aromatic N) is 3. The van der Waals surface area contributed by atoms with Crippen molar-refractivity contribution in [2.24, 2.45) is 0 Å². The molecule has 0 aromatic carbocycles. The fraction of sp³-hybridized carbons (Fsp3) is 0.667. The number of rotatable bonds is 6. The maximum atomic E-state index is 12.7. The summed E-state index contributed by atoms with van der Waals surface area (Å²) in [6.45, 7) is 4.58. The van der Waals surface area contributed by atoms with Crippen LogP contribution < -0.4 is 4.90 Å². The number of hydrogen-bond donors (Lipinski definition) is 0. The Morgan fingerprint density at radius 3 is 2.42 bits per heavy atom. The van der Waals surface area contributed by atoms with Crippen molar-refractivity contribution < 1.29 is 13.2 Å². The third kappa shape index (κ3) is 4.33. The molecule has 1 rings (SSSR count). The summed E-state index contributed by atoms with van der Waals surface area (Å²) in [5, 5.41) is 0.656. The van der Waals surface area contributed by atoms with Crippen molar-refractivity contribution in [2.75, 3.05) is 16.8 Å². The first-order valence-electron chi connectivity index (χ1n) is 6.16. The molecule has 7 heteroatoms. The molecule has 3 nitrogen and oxygen atoms in total. The van der Waals surface area contributed by atoms with Crippen LogP contribution >= 0.6 is 15.9 Å². The van der Waals surface area contributed by atoms with E-state index in [0.717, 1.165) is 25.1 Å². The van der Waals surface area contributed by atoms with Gasteiger partial charge in [-0.15, -0.1) is 0 Å². The Morgan fingerprint density at radius 1 is 1.32 bits per heavy atom. The van der Waals surface area contributed by atoms with Crippen LogP contribution in [0.4, 0.5) is 19.1 Å². The SMILES string of the molecule is CCC(CC)N(CCBr)c1nccc(C(F)(F)F)n1. The fourth-order valence-electron chi connectivity index (χ4n) is 1.91. The van der Waals surface area contributed by atoms with Gasteiger partial charge >= 0.3 is 6.18 Å². The molecule has 0 aliphatic carbocycles. The van der Waals surface area contributed by atoms with Gasteiger partial charge in [0.2, 0.25) is 5.95 Å². The Hall–Kier alpha value is -0.850. The summed E-state index contributed by atoms with van der Waals surface area (Å²) >= 11 is 3.31. The van der Waals surface area contributed by atoms with Crippen molar-refractivity contribution >= 4 is 21.9 Å². The minimum Gasteiger partial charge on any atom is -0.337 e. The molecule has 0 aliphatic rings. The highest BCUT2D eigenvalue weighted by Crippen LogP contribution is 2.28. The predicted octanol–water partition coefficient (Wildman–Crippen LogP) is 3.89. The van der Waals surface area contributed by atoms with Crippen LogP contribution in [-0.2, 0) is 6.18 Å². The average Bonchev–Trinajstić information content (AvgIpc) is 2.38. The lowest BCUT2D eigenvalue weighted by Crippen LogP contribution is -2.37. The minimum atomic E-state index is -4.44. The normalized spacial score (nSPS) is 11.9. The molecule has 108 valence electrons. The Balaban J connectivity index is 3.09. The highest BCUT2D eigenvalue weighted by molar-refractivity contribution is 9.09. The van der Waals surface area contributed by atoms with Crippen LogP contribution in [0.25, 0.3) is 0 Å². The van der Waals surface area contributed by atoms with Crippen molar-refractivity contribution in [1.82, 2.24) is 9.97 Å². The summed E-state index contributed by atoms with van der Waals surface area (Å²) in [5.41, 5.74) is -0.900. The van der Waals surface area contributed by atoms with Crippen molar-refractivity contribution in [3.8, 4) is 0 Å². The molecule has 1 aromatic heterocycles. The second-order valence-electron chi connectivity index (χ2n) is 4.09. The van der Waals surface area contributed by atoms with E-state index in [1.807, 2.05) is 18.7 Å². The summed E-state index contributed by atoms with van der Waals surface area (Å²) in [4.78, 5) is 9.45. The molecule has 0 radical (unpaired) electrons. The largest absolute Gasteiger partial charge is 0.433 e. The lowest BCUT2D eigenvalue weighted by atomic mass is 10.1.